The van der Waals surface area contributed by atoms with E-state index in [0.29, 0.717) is 13.0 Å². The van der Waals surface area contributed by atoms with Gasteiger partial charge in [0.2, 0.25) is 5.91 Å². The normalized spacial score (nSPS) is 12.5. The lowest BCUT2D eigenvalue weighted by Crippen LogP contribution is -2.31. The molecule has 33 heavy (non-hydrogen) atoms. The van der Waals surface area contributed by atoms with Gasteiger partial charge in [-0.05, 0) is 35.2 Å². The van der Waals surface area contributed by atoms with Crippen molar-refractivity contribution in [3.8, 4) is 0 Å². The van der Waals surface area contributed by atoms with Crippen LogP contribution in [-0.2, 0) is 29.0 Å². The summed E-state index contributed by atoms with van der Waals surface area (Å²) in [6, 6.07) is 29.1. The predicted molar refractivity (Wildman–Crippen MR) is 132 cm³/mol. The number of nitrogens with zero attached hydrogens (tertiary/aromatic N) is 2. The van der Waals surface area contributed by atoms with E-state index >= 15 is 0 Å². The summed E-state index contributed by atoms with van der Waals surface area (Å²) < 4.78 is 4.86. The molecule has 1 aliphatic heterocycles. The molecule has 0 aliphatic carbocycles. The minimum atomic E-state index is -0.532. The van der Waals surface area contributed by atoms with Crippen LogP contribution in [-0.4, -0.2) is 30.1 Å². The van der Waals surface area contributed by atoms with E-state index in [1.165, 1.54) is 16.0 Å². The Morgan fingerprint density at radius 2 is 1.42 bits per heavy atom. The molecule has 3 aromatic rings. The molecule has 5 heteroatoms. The van der Waals surface area contributed by atoms with Gasteiger partial charge in [0.1, 0.15) is 6.61 Å². The summed E-state index contributed by atoms with van der Waals surface area (Å²) >= 11 is 0. The number of imide groups is 1. The standard InChI is InChI=1S/C26H26N2O3.C2H6/c29-25(28-16-17-31-26(28)30)15-14-21-12-7-13-24(18-21)27(19-22-8-3-1-4-9-22)20-23-10-5-2-6-11-23;1-2/h1-13,18H,14-17,19-20H2;1-2H3. The van der Waals surface area contributed by atoms with E-state index < -0.39 is 6.09 Å². The number of amides is 2. The predicted octanol–water partition coefficient (Wildman–Crippen LogP) is 5.83. The molecule has 172 valence electrons. The summed E-state index contributed by atoms with van der Waals surface area (Å²) in [6.45, 7) is 6.21. The summed E-state index contributed by atoms with van der Waals surface area (Å²) in [4.78, 5) is 27.5. The van der Waals surface area contributed by atoms with Crippen molar-refractivity contribution in [1.29, 1.82) is 0 Å². The summed E-state index contributed by atoms with van der Waals surface area (Å²) in [5.41, 5.74) is 4.67. The van der Waals surface area contributed by atoms with Crippen LogP contribution < -0.4 is 4.90 Å². The van der Waals surface area contributed by atoms with Crippen molar-refractivity contribution < 1.29 is 14.3 Å². The topological polar surface area (TPSA) is 49.9 Å². The third-order valence-corrected chi connectivity index (χ3v) is 5.40. The molecule has 1 heterocycles. The summed E-state index contributed by atoms with van der Waals surface area (Å²) in [6.07, 6.45) is 0.340. The van der Waals surface area contributed by atoms with E-state index in [0.717, 1.165) is 24.3 Å². The molecule has 0 unspecified atom stereocenters. The molecule has 4 rings (SSSR count). The number of hydrogen-bond acceptors (Lipinski definition) is 4. The second kappa shape index (κ2) is 12.4. The number of hydrogen-bond donors (Lipinski definition) is 0. The van der Waals surface area contributed by atoms with Crippen molar-refractivity contribution in [2.24, 2.45) is 0 Å². The number of benzene rings is 3. The molecule has 1 fully saturated rings. The van der Waals surface area contributed by atoms with Crippen LogP contribution in [0.4, 0.5) is 10.5 Å². The molecule has 1 saturated heterocycles. The van der Waals surface area contributed by atoms with Crippen molar-refractivity contribution in [2.45, 2.75) is 39.8 Å². The van der Waals surface area contributed by atoms with Crippen molar-refractivity contribution in [2.75, 3.05) is 18.1 Å². The summed E-state index contributed by atoms with van der Waals surface area (Å²) in [5.74, 6) is -0.182. The van der Waals surface area contributed by atoms with Gasteiger partial charge in [0.05, 0.1) is 6.54 Å². The quantitative estimate of drug-likeness (QED) is 0.439. The van der Waals surface area contributed by atoms with Crippen LogP contribution in [0.3, 0.4) is 0 Å². The van der Waals surface area contributed by atoms with Crippen LogP contribution in [0.1, 0.15) is 37.0 Å². The highest BCUT2D eigenvalue weighted by Crippen LogP contribution is 2.22. The third-order valence-electron chi connectivity index (χ3n) is 5.40. The zero-order valence-corrected chi connectivity index (χ0v) is 19.4. The van der Waals surface area contributed by atoms with Gasteiger partial charge >= 0.3 is 6.09 Å². The number of aryl methyl sites for hydroxylation is 1. The van der Waals surface area contributed by atoms with Crippen LogP contribution in [0.15, 0.2) is 84.9 Å². The van der Waals surface area contributed by atoms with Gasteiger partial charge in [-0.15, -0.1) is 0 Å². The van der Waals surface area contributed by atoms with Gasteiger partial charge in [0.25, 0.3) is 0 Å². The fourth-order valence-corrected chi connectivity index (χ4v) is 3.76. The maximum atomic E-state index is 12.3. The Labute approximate surface area is 196 Å². The van der Waals surface area contributed by atoms with E-state index in [-0.39, 0.29) is 18.9 Å². The summed E-state index contributed by atoms with van der Waals surface area (Å²) in [7, 11) is 0. The number of carbonyl (C=O) groups is 2. The van der Waals surface area contributed by atoms with Crippen molar-refractivity contribution in [1.82, 2.24) is 4.90 Å². The SMILES string of the molecule is CC.O=C(CCc1cccc(N(Cc2ccccc2)Cc2ccccc2)c1)N1CCOC1=O. The first-order chi connectivity index (χ1) is 16.2. The maximum absolute atomic E-state index is 12.3. The van der Waals surface area contributed by atoms with E-state index in [2.05, 4.69) is 65.6 Å². The molecule has 0 atom stereocenters. The van der Waals surface area contributed by atoms with Gasteiger partial charge in [-0.1, -0.05) is 86.6 Å². The number of anilines is 1. The average molecular weight is 445 g/mol. The molecule has 0 N–H and O–H groups in total. The average Bonchev–Trinajstić information content (AvgIpc) is 3.31. The lowest BCUT2D eigenvalue weighted by molar-refractivity contribution is -0.127. The highest BCUT2D eigenvalue weighted by molar-refractivity contribution is 5.93. The van der Waals surface area contributed by atoms with Gasteiger partial charge in [-0.3, -0.25) is 4.79 Å². The largest absolute Gasteiger partial charge is 0.447 e. The minimum Gasteiger partial charge on any atom is -0.447 e. The number of ether oxygens (including phenoxy) is 1. The number of cyclic esters (lactones) is 1. The Morgan fingerprint density at radius 3 is 1.97 bits per heavy atom. The van der Waals surface area contributed by atoms with E-state index in [4.69, 9.17) is 4.74 Å². The van der Waals surface area contributed by atoms with Crippen molar-refractivity contribution >= 4 is 17.7 Å². The molecule has 2 amide bonds. The summed E-state index contributed by atoms with van der Waals surface area (Å²) in [5, 5.41) is 0. The molecule has 0 spiro atoms. The zero-order chi connectivity index (χ0) is 23.5. The fourth-order valence-electron chi connectivity index (χ4n) is 3.76. The minimum absolute atomic E-state index is 0.182. The highest BCUT2D eigenvalue weighted by Gasteiger charge is 2.27. The Morgan fingerprint density at radius 1 is 0.848 bits per heavy atom. The van der Waals surface area contributed by atoms with Gasteiger partial charge in [0.15, 0.2) is 0 Å². The zero-order valence-electron chi connectivity index (χ0n) is 19.4. The number of carbonyl (C=O) groups excluding carboxylic acids is 2. The van der Waals surface area contributed by atoms with Crippen LogP contribution >= 0.6 is 0 Å². The Bertz CT molecular complexity index is 980. The second-order valence-electron chi connectivity index (χ2n) is 7.66. The van der Waals surface area contributed by atoms with Crippen LogP contribution in [0, 0.1) is 0 Å². The lowest BCUT2D eigenvalue weighted by Gasteiger charge is -2.26. The maximum Gasteiger partial charge on any atom is 0.416 e. The van der Waals surface area contributed by atoms with E-state index in [1.54, 1.807) is 0 Å². The van der Waals surface area contributed by atoms with Gasteiger partial charge in [-0.2, -0.15) is 0 Å². The molecule has 0 bridgehead atoms. The molecular weight excluding hydrogens is 412 g/mol. The first kappa shape index (κ1) is 24.1. The van der Waals surface area contributed by atoms with Crippen LogP contribution in [0.2, 0.25) is 0 Å². The molecule has 5 nitrogen and oxygen atoms in total. The first-order valence-corrected chi connectivity index (χ1v) is 11.6. The van der Waals surface area contributed by atoms with Gasteiger partial charge in [0, 0.05) is 25.2 Å². The van der Waals surface area contributed by atoms with Crippen LogP contribution in [0.25, 0.3) is 0 Å². The molecule has 0 radical (unpaired) electrons. The van der Waals surface area contributed by atoms with E-state index in [9.17, 15) is 9.59 Å². The van der Waals surface area contributed by atoms with Gasteiger partial charge < -0.3 is 9.64 Å². The molecule has 3 aromatic carbocycles. The lowest BCUT2D eigenvalue weighted by atomic mass is 10.1. The highest BCUT2D eigenvalue weighted by atomic mass is 16.6. The molecular formula is C28H32N2O3. The molecule has 0 aromatic heterocycles. The number of rotatable bonds is 8. The second-order valence-corrected chi connectivity index (χ2v) is 7.66. The Hall–Kier alpha value is -3.60. The molecule has 1 aliphatic rings. The Balaban J connectivity index is 0.00000149. The van der Waals surface area contributed by atoms with Crippen molar-refractivity contribution in [3.05, 3.63) is 102 Å². The fraction of sp³-hybridized carbons (Fsp3) is 0.286. The van der Waals surface area contributed by atoms with Crippen molar-refractivity contribution in [3.63, 3.8) is 0 Å². The third kappa shape index (κ3) is 6.94. The molecule has 0 saturated carbocycles. The monoisotopic (exact) mass is 444 g/mol. The van der Waals surface area contributed by atoms with Gasteiger partial charge in [-0.25, -0.2) is 9.69 Å². The van der Waals surface area contributed by atoms with Crippen LogP contribution in [0.5, 0.6) is 0 Å². The van der Waals surface area contributed by atoms with E-state index in [1.807, 2.05) is 38.1 Å². The smallest absolute Gasteiger partial charge is 0.416 e. The first-order valence-electron chi connectivity index (χ1n) is 11.6. The Kier molecular flexibility index (Phi) is 9.07.